The largest absolute Gasteiger partial charge is 0.465 e. The number of ether oxygens (including phenoxy) is 1. The van der Waals surface area contributed by atoms with Gasteiger partial charge in [0.2, 0.25) is 11.8 Å². The molecular formula is C21H23N3O4. The number of nitrogens with one attached hydrogen (secondary N) is 2. The van der Waals surface area contributed by atoms with Gasteiger partial charge >= 0.3 is 5.97 Å². The maximum Gasteiger partial charge on any atom is 0.337 e. The first-order valence-corrected chi connectivity index (χ1v) is 9.18. The molecular weight excluding hydrogens is 358 g/mol. The Hall–Kier alpha value is -3.35. The zero-order valence-electron chi connectivity index (χ0n) is 15.7. The molecule has 3 rings (SSSR count). The van der Waals surface area contributed by atoms with Crippen molar-refractivity contribution < 1.29 is 19.1 Å². The second kappa shape index (κ2) is 9.03. The summed E-state index contributed by atoms with van der Waals surface area (Å²) in [6.07, 6.45) is 2.09. The van der Waals surface area contributed by atoms with Crippen LogP contribution in [0.1, 0.15) is 29.6 Å². The van der Waals surface area contributed by atoms with Crippen LogP contribution in [0.4, 0.5) is 17.1 Å². The van der Waals surface area contributed by atoms with E-state index < -0.39 is 17.8 Å². The van der Waals surface area contributed by atoms with Crippen molar-refractivity contribution in [1.29, 1.82) is 0 Å². The average molecular weight is 381 g/mol. The molecule has 0 bridgehead atoms. The first kappa shape index (κ1) is 19.4. The molecule has 2 aromatic carbocycles. The number of anilines is 3. The Morgan fingerprint density at radius 3 is 2.21 bits per heavy atom. The van der Waals surface area contributed by atoms with Crippen LogP contribution in [0.15, 0.2) is 48.5 Å². The third-order valence-electron chi connectivity index (χ3n) is 4.51. The van der Waals surface area contributed by atoms with Crippen LogP contribution in [0, 0.1) is 0 Å². The summed E-state index contributed by atoms with van der Waals surface area (Å²) in [5, 5.41) is 5.33. The molecule has 7 nitrogen and oxygen atoms in total. The van der Waals surface area contributed by atoms with Crippen molar-refractivity contribution >= 4 is 34.8 Å². The van der Waals surface area contributed by atoms with Crippen molar-refractivity contribution in [2.45, 2.75) is 19.3 Å². The van der Waals surface area contributed by atoms with Crippen LogP contribution >= 0.6 is 0 Å². The lowest BCUT2D eigenvalue weighted by Crippen LogP contribution is -2.21. The van der Waals surface area contributed by atoms with E-state index in [-0.39, 0.29) is 6.42 Å². The van der Waals surface area contributed by atoms with E-state index in [4.69, 9.17) is 0 Å². The quantitative estimate of drug-likeness (QED) is 0.593. The Labute approximate surface area is 163 Å². The Morgan fingerprint density at radius 1 is 0.929 bits per heavy atom. The molecule has 1 fully saturated rings. The standard InChI is InChI=1S/C21H23N3O4/c1-28-21(27)15-5-4-6-17(13-15)23-20(26)14-19(25)22-16-7-9-18(10-8-16)24-11-2-3-12-24/h4-10,13H,2-3,11-12,14H2,1H3,(H,22,25)(H,23,26). The fourth-order valence-corrected chi connectivity index (χ4v) is 3.13. The molecule has 28 heavy (non-hydrogen) atoms. The second-order valence-electron chi connectivity index (χ2n) is 6.59. The number of carbonyl (C=O) groups is 3. The van der Waals surface area contributed by atoms with Gasteiger partial charge in [-0.15, -0.1) is 0 Å². The summed E-state index contributed by atoms with van der Waals surface area (Å²) in [5.41, 5.74) is 2.53. The van der Waals surface area contributed by atoms with Crippen LogP contribution in [-0.2, 0) is 14.3 Å². The smallest absolute Gasteiger partial charge is 0.337 e. The fourth-order valence-electron chi connectivity index (χ4n) is 3.13. The Bertz CT molecular complexity index is 858. The second-order valence-corrected chi connectivity index (χ2v) is 6.59. The monoisotopic (exact) mass is 381 g/mol. The number of benzene rings is 2. The lowest BCUT2D eigenvalue weighted by Gasteiger charge is -2.17. The van der Waals surface area contributed by atoms with Gasteiger partial charge in [0.25, 0.3) is 0 Å². The summed E-state index contributed by atoms with van der Waals surface area (Å²) in [5.74, 6) is -1.37. The van der Waals surface area contributed by atoms with E-state index in [1.807, 2.05) is 24.3 Å². The molecule has 0 unspecified atom stereocenters. The van der Waals surface area contributed by atoms with Crippen molar-refractivity contribution in [3.8, 4) is 0 Å². The SMILES string of the molecule is COC(=O)c1cccc(NC(=O)CC(=O)Nc2ccc(N3CCCC3)cc2)c1. The fraction of sp³-hybridized carbons (Fsp3) is 0.286. The van der Waals surface area contributed by atoms with Crippen LogP contribution in [0.3, 0.4) is 0 Å². The number of hydrogen-bond donors (Lipinski definition) is 2. The van der Waals surface area contributed by atoms with Crippen LogP contribution in [0.25, 0.3) is 0 Å². The molecule has 2 N–H and O–H groups in total. The summed E-state index contributed by atoms with van der Waals surface area (Å²) in [7, 11) is 1.29. The van der Waals surface area contributed by atoms with Gasteiger partial charge in [0.15, 0.2) is 0 Å². The number of nitrogens with zero attached hydrogens (tertiary/aromatic N) is 1. The molecule has 0 saturated carbocycles. The Balaban J connectivity index is 1.51. The highest BCUT2D eigenvalue weighted by Crippen LogP contribution is 2.22. The molecule has 0 atom stereocenters. The number of amides is 2. The van der Waals surface area contributed by atoms with Crippen LogP contribution in [0.2, 0.25) is 0 Å². The minimum atomic E-state index is -0.494. The highest BCUT2D eigenvalue weighted by molar-refractivity contribution is 6.08. The summed E-state index contributed by atoms with van der Waals surface area (Å²) < 4.78 is 4.65. The minimum Gasteiger partial charge on any atom is -0.465 e. The molecule has 0 spiro atoms. The van der Waals surface area contributed by atoms with E-state index in [2.05, 4.69) is 20.3 Å². The van der Waals surface area contributed by atoms with E-state index in [0.717, 1.165) is 18.8 Å². The number of carbonyl (C=O) groups excluding carboxylic acids is 3. The van der Waals surface area contributed by atoms with Crippen molar-refractivity contribution in [2.75, 3.05) is 35.7 Å². The molecule has 1 heterocycles. The molecule has 2 aromatic rings. The number of esters is 1. The van der Waals surface area contributed by atoms with Crippen molar-refractivity contribution in [3.05, 3.63) is 54.1 Å². The number of hydrogen-bond acceptors (Lipinski definition) is 5. The summed E-state index contributed by atoms with van der Waals surface area (Å²) in [6, 6.07) is 14.0. The minimum absolute atomic E-state index is 0.322. The van der Waals surface area contributed by atoms with E-state index in [1.54, 1.807) is 18.2 Å². The first-order chi connectivity index (χ1) is 13.5. The molecule has 2 amide bonds. The average Bonchev–Trinajstić information content (AvgIpc) is 3.22. The normalized spacial score (nSPS) is 13.1. The highest BCUT2D eigenvalue weighted by Gasteiger charge is 2.14. The molecule has 0 aromatic heterocycles. The van der Waals surface area contributed by atoms with Gasteiger partial charge < -0.3 is 20.3 Å². The summed E-state index contributed by atoms with van der Waals surface area (Å²) in [6.45, 7) is 2.12. The maximum atomic E-state index is 12.1. The van der Waals surface area contributed by atoms with Crippen molar-refractivity contribution in [2.24, 2.45) is 0 Å². The van der Waals surface area contributed by atoms with Gasteiger partial charge in [0, 0.05) is 30.2 Å². The van der Waals surface area contributed by atoms with Crippen molar-refractivity contribution in [3.63, 3.8) is 0 Å². The van der Waals surface area contributed by atoms with E-state index >= 15 is 0 Å². The van der Waals surface area contributed by atoms with Crippen LogP contribution in [-0.4, -0.2) is 38.0 Å². The topological polar surface area (TPSA) is 87.7 Å². The van der Waals surface area contributed by atoms with E-state index in [1.165, 1.54) is 26.0 Å². The maximum absolute atomic E-state index is 12.1. The molecule has 146 valence electrons. The van der Waals surface area contributed by atoms with Gasteiger partial charge in [-0.25, -0.2) is 4.79 Å². The third kappa shape index (κ3) is 5.09. The predicted octanol–water partition coefficient (Wildman–Crippen LogP) is 3.04. The van der Waals surface area contributed by atoms with Crippen LogP contribution < -0.4 is 15.5 Å². The third-order valence-corrected chi connectivity index (χ3v) is 4.51. The van der Waals surface area contributed by atoms with E-state index in [9.17, 15) is 14.4 Å². The van der Waals surface area contributed by atoms with Gasteiger partial charge in [0.05, 0.1) is 12.7 Å². The van der Waals surface area contributed by atoms with Crippen molar-refractivity contribution in [1.82, 2.24) is 0 Å². The van der Waals surface area contributed by atoms with E-state index in [0.29, 0.717) is 16.9 Å². The van der Waals surface area contributed by atoms with Gasteiger partial charge in [-0.2, -0.15) is 0 Å². The summed E-state index contributed by atoms with van der Waals surface area (Å²) in [4.78, 5) is 38.1. The lowest BCUT2D eigenvalue weighted by molar-refractivity contribution is -0.123. The molecule has 7 heteroatoms. The molecule has 1 saturated heterocycles. The Morgan fingerprint density at radius 2 is 1.57 bits per heavy atom. The molecule has 1 aliphatic heterocycles. The molecule has 0 aliphatic carbocycles. The van der Waals surface area contributed by atoms with Gasteiger partial charge in [0.1, 0.15) is 6.42 Å². The van der Waals surface area contributed by atoms with Gasteiger partial charge in [-0.1, -0.05) is 6.07 Å². The molecule has 1 aliphatic rings. The van der Waals surface area contributed by atoms with Crippen LogP contribution in [0.5, 0.6) is 0 Å². The predicted molar refractivity (Wildman–Crippen MR) is 108 cm³/mol. The first-order valence-electron chi connectivity index (χ1n) is 9.18. The number of methoxy groups -OCH3 is 1. The summed E-state index contributed by atoms with van der Waals surface area (Å²) >= 11 is 0. The number of rotatable bonds is 6. The molecule has 0 radical (unpaired) electrons. The highest BCUT2D eigenvalue weighted by atomic mass is 16.5. The van der Waals surface area contributed by atoms with Gasteiger partial charge in [-0.3, -0.25) is 9.59 Å². The Kier molecular flexibility index (Phi) is 6.26. The van der Waals surface area contributed by atoms with Gasteiger partial charge in [-0.05, 0) is 55.3 Å². The zero-order chi connectivity index (χ0) is 19.9. The zero-order valence-corrected chi connectivity index (χ0v) is 15.7. The lowest BCUT2D eigenvalue weighted by atomic mass is 10.2.